The van der Waals surface area contributed by atoms with Gasteiger partial charge in [-0.25, -0.2) is 4.79 Å². The van der Waals surface area contributed by atoms with Gasteiger partial charge in [-0.1, -0.05) is 0 Å². The number of ketones is 1. The molecule has 0 aromatic carbocycles. The number of hydrogen-bond donors (Lipinski definition) is 0. The molecule has 0 aliphatic heterocycles. The first-order chi connectivity index (χ1) is 6.61. The molecule has 1 aliphatic carbocycles. The number of Topliss-reactive ketones (excluding diaryl/α,β-unsaturated/α-hetero) is 1. The summed E-state index contributed by atoms with van der Waals surface area (Å²) in [6.45, 7) is 0. The quantitative estimate of drug-likeness (QED) is 0.471. The van der Waals surface area contributed by atoms with Crippen LogP contribution in [0.4, 0.5) is 0 Å². The van der Waals surface area contributed by atoms with E-state index in [9.17, 15) is 14.4 Å². The van der Waals surface area contributed by atoms with E-state index in [2.05, 4.69) is 9.47 Å². The van der Waals surface area contributed by atoms with Crippen molar-refractivity contribution in [2.45, 2.75) is 12.8 Å². The van der Waals surface area contributed by atoms with Crippen LogP contribution in [-0.4, -0.2) is 31.9 Å². The number of hydrogen-bond acceptors (Lipinski definition) is 5. The minimum absolute atomic E-state index is 0.432. The van der Waals surface area contributed by atoms with Crippen LogP contribution >= 0.6 is 0 Å². The molecular formula is C9H12O5. The van der Waals surface area contributed by atoms with Gasteiger partial charge in [0.25, 0.3) is 0 Å². The second-order valence-corrected chi connectivity index (χ2v) is 3.17. The van der Waals surface area contributed by atoms with Crippen LogP contribution in [0.1, 0.15) is 12.8 Å². The molecule has 0 unspecified atom stereocenters. The summed E-state index contributed by atoms with van der Waals surface area (Å²) in [5, 5.41) is 0. The van der Waals surface area contributed by atoms with E-state index in [-0.39, 0.29) is 0 Å². The van der Waals surface area contributed by atoms with Gasteiger partial charge in [-0.15, -0.1) is 0 Å². The number of methoxy groups -OCH3 is 2. The Labute approximate surface area is 81.4 Å². The van der Waals surface area contributed by atoms with Crippen molar-refractivity contribution in [1.82, 2.24) is 0 Å². The average molecular weight is 200 g/mol. The van der Waals surface area contributed by atoms with Crippen LogP contribution in [0.5, 0.6) is 0 Å². The summed E-state index contributed by atoms with van der Waals surface area (Å²) in [6, 6.07) is 0. The molecular weight excluding hydrogens is 188 g/mol. The molecule has 0 spiro atoms. The van der Waals surface area contributed by atoms with Gasteiger partial charge < -0.3 is 9.47 Å². The predicted octanol–water partition coefficient (Wildman–Crippen LogP) is -0.0723. The molecule has 5 heteroatoms. The lowest BCUT2D eigenvalue weighted by atomic mass is 9.71. The third-order valence-corrected chi connectivity index (χ3v) is 2.50. The summed E-state index contributed by atoms with van der Waals surface area (Å²) in [6.07, 6.45) is 1.15. The van der Waals surface area contributed by atoms with Gasteiger partial charge >= 0.3 is 11.9 Å². The Bertz CT molecular complexity index is 270. The maximum absolute atomic E-state index is 11.3. The fraction of sp³-hybridized carbons (Fsp3) is 0.667. The fourth-order valence-electron chi connectivity index (χ4n) is 1.50. The lowest BCUT2D eigenvalue weighted by Crippen LogP contribution is -2.42. The van der Waals surface area contributed by atoms with Crippen molar-refractivity contribution in [2.75, 3.05) is 14.2 Å². The topological polar surface area (TPSA) is 69.7 Å². The predicted molar refractivity (Wildman–Crippen MR) is 45.3 cm³/mol. The lowest BCUT2D eigenvalue weighted by molar-refractivity contribution is -0.162. The monoisotopic (exact) mass is 200 g/mol. The highest BCUT2D eigenvalue weighted by atomic mass is 16.5. The molecule has 2 atom stereocenters. The molecule has 1 rings (SSSR count). The SMILES string of the molecule is COC(=O)C(=O)[C@@H]1CC[C@@H]1C(=O)OC. The van der Waals surface area contributed by atoms with E-state index in [4.69, 9.17) is 0 Å². The standard InChI is InChI=1S/C9H12O5/c1-13-8(11)6-4-3-5(6)7(10)9(12)14-2/h5-6H,3-4H2,1-2H3/t5-,6+/m1/s1. The highest BCUT2D eigenvalue weighted by Crippen LogP contribution is 2.35. The Morgan fingerprint density at radius 2 is 1.57 bits per heavy atom. The van der Waals surface area contributed by atoms with Gasteiger partial charge in [0.15, 0.2) is 0 Å². The van der Waals surface area contributed by atoms with Gasteiger partial charge in [0.1, 0.15) is 0 Å². The molecule has 0 heterocycles. The Morgan fingerprint density at radius 1 is 1.00 bits per heavy atom. The van der Waals surface area contributed by atoms with E-state index in [1.807, 2.05) is 0 Å². The third kappa shape index (κ3) is 1.76. The van der Waals surface area contributed by atoms with Gasteiger partial charge in [0.2, 0.25) is 5.78 Å². The molecule has 5 nitrogen and oxygen atoms in total. The van der Waals surface area contributed by atoms with Crippen LogP contribution < -0.4 is 0 Å². The first-order valence-electron chi connectivity index (χ1n) is 4.31. The Hall–Kier alpha value is -1.39. The second-order valence-electron chi connectivity index (χ2n) is 3.17. The van der Waals surface area contributed by atoms with Crippen molar-refractivity contribution in [2.24, 2.45) is 11.8 Å². The summed E-state index contributed by atoms with van der Waals surface area (Å²) < 4.78 is 8.79. The van der Waals surface area contributed by atoms with Crippen LogP contribution in [0.15, 0.2) is 0 Å². The highest BCUT2D eigenvalue weighted by Gasteiger charge is 2.44. The number of ether oxygens (including phenoxy) is 2. The summed E-state index contributed by atoms with van der Waals surface area (Å²) in [7, 11) is 2.41. The van der Waals surface area contributed by atoms with E-state index in [0.29, 0.717) is 12.8 Å². The van der Waals surface area contributed by atoms with E-state index in [1.165, 1.54) is 7.11 Å². The Kier molecular flexibility index (Phi) is 3.22. The van der Waals surface area contributed by atoms with Crippen LogP contribution in [0, 0.1) is 11.8 Å². The van der Waals surface area contributed by atoms with Crippen molar-refractivity contribution in [3.8, 4) is 0 Å². The number of esters is 2. The maximum Gasteiger partial charge on any atom is 0.374 e. The minimum Gasteiger partial charge on any atom is -0.469 e. The van der Waals surface area contributed by atoms with Crippen molar-refractivity contribution in [3.05, 3.63) is 0 Å². The number of carbonyl (C=O) groups is 3. The number of carbonyl (C=O) groups excluding carboxylic acids is 3. The normalized spacial score (nSPS) is 24.7. The Morgan fingerprint density at radius 3 is 1.93 bits per heavy atom. The maximum atomic E-state index is 11.3. The molecule has 0 amide bonds. The highest BCUT2D eigenvalue weighted by molar-refractivity contribution is 6.35. The van der Waals surface area contributed by atoms with E-state index < -0.39 is 29.6 Å². The summed E-state index contributed by atoms with van der Waals surface area (Å²) in [5.74, 6) is -2.96. The van der Waals surface area contributed by atoms with Crippen molar-refractivity contribution in [1.29, 1.82) is 0 Å². The first-order valence-corrected chi connectivity index (χ1v) is 4.31. The van der Waals surface area contributed by atoms with Crippen LogP contribution in [-0.2, 0) is 23.9 Å². The second kappa shape index (κ2) is 4.21. The molecule has 0 aromatic heterocycles. The first kappa shape index (κ1) is 10.7. The third-order valence-electron chi connectivity index (χ3n) is 2.50. The molecule has 14 heavy (non-hydrogen) atoms. The number of rotatable bonds is 3. The molecule has 1 saturated carbocycles. The van der Waals surface area contributed by atoms with Gasteiger partial charge in [0, 0.05) is 5.92 Å². The van der Waals surface area contributed by atoms with Gasteiger partial charge in [-0.3, -0.25) is 9.59 Å². The van der Waals surface area contributed by atoms with Crippen molar-refractivity contribution in [3.63, 3.8) is 0 Å². The zero-order valence-corrected chi connectivity index (χ0v) is 8.11. The van der Waals surface area contributed by atoms with E-state index >= 15 is 0 Å². The van der Waals surface area contributed by atoms with Crippen molar-refractivity contribution < 1.29 is 23.9 Å². The zero-order chi connectivity index (χ0) is 10.7. The van der Waals surface area contributed by atoms with Gasteiger partial charge in [-0.2, -0.15) is 0 Å². The Balaban J connectivity index is 2.58. The average Bonchev–Trinajstić information content (AvgIpc) is 2.14. The van der Waals surface area contributed by atoms with E-state index in [1.54, 1.807) is 0 Å². The molecule has 0 bridgehead atoms. The molecule has 0 aromatic rings. The van der Waals surface area contributed by atoms with E-state index in [0.717, 1.165) is 7.11 Å². The minimum atomic E-state index is -0.886. The summed E-state index contributed by atoms with van der Waals surface area (Å²) in [5.41, 5.74) is 0. The summed E-state index contributed by atoms with van der Waals surface area (Å²) in [4.78, 5) is 33.3. The zero-order valence-electron chi connectivity index (χ0n) is 8.11. The van der Waals surface area contributed by atoms with Gasteiger partial charge in [-0.05, 0) is 12.8 Å². The molecule has 78 valence electrons. The van der Waals surface area contributed by atoms with Crippen LogP contribution in [0.25, 0.3) is 0 Å². The fourth-order valence-corrected chi connectivity index (χ4v) is 1.50. The van der Waals surface area contributed by atoms with Crippen LogP contribution in [0.2, 0.25) is 0 Å². The van der Waals surface area contributed by atoms with Crippen molar-refractivity contribution >= 4 is 17.7 Å². The molecule has 0 radical (unpaired) electrons. The molecule has 0 N–H and O–H groups in total. The van der Waals surface area contributed by atoms with Crippen LogP contribution in [0.3, 0.4) is 0 Å². The van der Waals surface area contributed by atoms with Gasteiger partial charge in [0.05, 0.1) is 20.1 Å². The molecule has 1 fully saturated rings. The largest absolute Gasteiger partial charge is 0.469 e. The summed E-state index contributed by atoms with van der Waals surface area (Å²) >= 11 is 0. The molecule has 0 saturated heterocycles. The lowest BCUT2D eigenvalue weighted by Gasteiger charge is -2.31. The molecule has 1 aliphatic rings. The smallest absolute Gasteiger partial charge is 0.374 e.